The first-order chi connectivity index (χ1) is 20.0. The van der Waals surface area contributed by atoms with Crippen LogP contribution in [0.15, 0.2) is 58.4 Å². The number of carbonyl (C=O) groups excluding carboxylic acids is 2. The number of ether oxygens (including phenoxy) is 1. The van der Waals surface area contributed by atoms with E-state index in [-0.39, 0.29) is 53.8 Å². The number of aromatic carboxylic acids is 1. The zero-order valence-corrected chi connectivity index (χ0v) is 23.3. The normalized spacial score (nSPS) is 13.4. The Kier molecular flexibility index (Phi) is 9.20. The summed E-state index contributed by atoms with van der Waals surface area (Å²) in [6.45, 7) is 3.47. The van der Waals surface area contributed by atoms with Gasteiger partial charge in [0.25, 0.3) is 5.56 Å². The number of aromatic nitrogens is 2. The summed E-state index contributed by atoms with van der Waals surface area (Å²) in [7, 11) is 0. The lowest BCUT2D eigenvalue weighted by molar-refractivity contribution is -0.121. The average Bonchev–Trinajstić information content (AvgIpc) is 2.91. The molecular formula is C29H33N7O6. The standard InChI is InChI=1S/C29H33N7O6/c1-16(2)34-26-27(38)36(23(14-33-26)19-10-20(28(39)40)12-21(30)11-19)15-24(37)32-13-17-6-8-18(9-7-17)25(31)35-29(41)42-22-4-3-5-22/h6-12,14,16,22H,3-5,13,15,30H2,1-2H3,(H,32,37)(H,33,34)(H,39,40)(H2,31,35,41). The van der Waals surface area contributed by atoms with Crippen molar-refractivity contribution in [2.75, 3.05) is 11.1 Å². The summed E-state index contributed by atoms with van der Waals surface area (Å²) in [5.74, 6) is -1.58. The number of amides is 2. The predicted molar refractivity (Wildman–Crippen MR) is 157 cm³/mol. The summed E-state index contributed by atoms with van der Waals surface area (Å²) in [5, 5.41) is 15.2. The van der Waals surface area contributed by atoms with Crippen LogP contribution in [-0.4, -0.2) is 50.6 Å². The van der Waals surface area contributed by atoms with E-state index in [1.165, 1.54) is 29.0 Å². The van der Waals surface area contributed by atoms with Gasteiger partial charge in [-0.05, 0) is 56.9 Å². The van der Waals surface area contributed by atoms with Gasteiger partial charge in [0.2, 0.25) is 5.91 Å². The Morgan fingerprint density at radius 3 is 2.48 bits per heavy atom. The second kappa shape index (κ2) is 13.0. The number of benzene rings is 2. The molecule has 7 N–H and O–H groups in total. The monoisotopic (exact) mass is 575 g/mol. The van der Waals surface area contributed by atoms with Crippen molar-refractivity contribution in [1.82, 2.24) is 14.9 Å². The van der Waals surface area contributed by atoms with Gasteiger partial charge >= 0.3 is 12.1 Å². The van der Waals surface area contributed by atoms with Crippen LogP contribution < -0.4 is 27.7 Å². The number of nitrogen functional groups attached to an aromatic ring is 1. The number of amidine groups is 1. The maximum absolute atomic E-state index is 13.3. The van der Waals surface area contributed by atoms with Crippen LogP contribution >= 0.6 is 0 Å². The molecule has 1 aromatic heterocycles. The highest BCUT2D eigenvalue weighted by Crippen LogP contribution is 2.24. The number of anilines is 2. The molecule has 4 rings (SSSR count). The lowest BCUT2D eigenvalue weighted by Crippen LogP contribution is -2.35. The van der Waals surface area contributed by atoms with Gasteiger partial charge in [-0.1, -0.05) is 24.3 Å². The van der Waals surface area contributed by atoms with Crippen molar-refractivity contribution in [3.8, 4) is 11.3 Å². The lowest BCUT2D eigenvalue weighted by atomic mass is 9.96. The van der Waals surface area contributed by atoms with Crippen LogP contribution in [0.1, 0.15) is 54.6 Å². The molecule has 0 saturated heterocycles. The first kappa shape index (κ1) is 29.8. The van der Waals surface area contributed by atoms with Gasteiger partial charge in [-0.3, -0.25) is 14.2 Å². The molecule has 0 spiro atoms. The van der Waals surface area contributed by atoms with Gasteiger partial charge in [-0.2, -0.15) is 4.99 Å². The fourth-order valence-electron chi connectivity index (χ4n) is 4.18. The topological polar surface area (TPSA) is 204 Å². The summed E-state index contributed by atoms with van der Waals surface area (Å²) >= 11 is 0. The molecule has 1 heterocycles. The Labute approximate surface area is 241 Å². The van der Waals surface area contributed by atoms with Crippen molar-refractivity contribution in [2.24, 2.45) is 10.7 Å². The molecule has 0 radical (unpaired) electrons. The van der Waals surface area contributed by atoms with Crippen molar-refractivity contribution < 1.29 is 24.2 Å². The maximum Gasteiger partial charge on any atom is 0.435 e. The SMILES string of the molecule is CC(C)Nc1ncc(-c2cc(N)cc(C(=O)O)c2)n(CC(=O)NCc2ccc(/C(N)=N/C(=O)OC3CCC3)cc2)c1=O. The number of hydrogen-bond acceptors (Lipinski definition) is 8. The van der Waals surface area contributed by atoms with E-state index in [4.69, 9.17) is 16.2 Å². The summed E-state index contributed by atoms with van der Waals surface area (Å²) in [5.41, 5.74) is 13.2. The second-order valence-electron chi connectivity index (χ2n) is 10.2. The molecule has 1 aliphatic carbocycles. The Hall–Kier alpha value is -5.20. The fourth-order valence-corrected chi connectivity index (χ4v) is 4.18. The highest BCUT2D eigenvalue weighted by Gasteiger charge is 2.22. The lowest BCUT2D eigenvalue weighted by Gasteiger charge is -2.23. The number of nitrogens with two attached hydrogens (primary N) is 2. The Morgan fingerprint density at radius 1 is 1.14 bits per heavy atom. The Morgan fingerprint density at radius 2 is 1.86 bits per heavy atom. The molecular weight excluding hydrogens is 542 g/mol. The molecule has 2 amide bonds. The largest absolute Gasteiger partial charge is 0.478 e. The molecule has 1 saturated carbocycles. The smallest absolute Gasteiger partial charge is 0.435 e. The summed E-state index contributed by atoms with van der Waals surface area (Å²) in [6, 6.07) is 10.9. The molecule has 1 aliphatic rings. The molecule has 13 nitrogen and oxygen atoms in total. The van der Waals surface area contributed by atoms with E-state index in [0.717, 1.165) is 24.8 Å². The van der Waals surface area contributed by atoms with Gasteiger partial charge in [-0.25, -0.2) is 14.6 Å². The minimum Gasteiger partial charge on any atom is -0.478 e. The number of hydrogen-bond donors (Lipinski definition) is 5. The minimum atomic E-state index is -1.19. The Balaban J connectivity index is 1.49. The van der Waals surface area contributed by atoms with Crippen LogP contribution in [0.5, 0.6) is 0 Å². The number of nitrogens with zero attached hydrogens (tertiary/aromatic N) is 3. The molecule has 0 unspecified atom stereocenters. The summed E-state index contributed by atoms with van der Waals surface area (Å²) in [4.78, 5) is 57.8. The molecule has 0 aliphatic heterocycles. The molecule has 220 valence electrons. The van der Waals surface area contributed by atoms with Gasteiger partial charge < -0.3 is 31.9 Å². The highest BCUT2D eigenvalue weighted by atomic mass is 16.6. The average molecular weight is 576 g/mol. The first-order valence-electron chi connectivity index (χ1n) is 13.4. The first-order valence-corrected chi connectivity index (χ1v) is 13.4. The summed E-state index contributed by atoms with van der Waals surface area (Å²) in [6.07, 6.45) is 3.28. The number of carbonyl (C=O) groups is 3. The van der Waals surface area contributed by atoms with Crippen LogP contribution in [-0.2, 0) is 22.6 Å². The van der Waals surface area contributed by atoms with E-state index >= 15 is 0 Å². The van der Waals surface area contributed by atoms with E-state index < -0.39 is 23.5 Å². The van der Waals surface area contributed by atoms with E-state index in [0.29, 0.717) is 11.1 Å². The van der Waals surface area contributed by atoms with Gasteiger partial charge in [0.05, 0.1) is 17.5 Å². The number of rotatable bonds is 10. The minimum absolute atomic E-state index is 0.0258. The molecule has 1 fully saturated rings. The third-order valence-corrected chi connectivity index (χ3v) is 6.55. The van der Waals surface area contributed by atoms with E-state index in [9.17, 15) is 24.3 Å². The molecule has 3 aromatic rings. The van der Waals surface area contributed by atoms with Crippen LogP contribution in [0.25, 0.3) is 11.3 Å². The van der Waals surface area contributed by atoms with Crippen molar-refractivity contribution in [3.05, 3.63) is 75.7 Å². The van der Waals surface area contributed by atoms with Gasteiger partial charge in [0.1, 0.15) is 18.5 Å². The van der Waals surface area contributed by atoms with Crippen LogP contribution in [0.2, 0.25) is 0 Å². The zero-order valence-electron chi connectivity index (χ0n) is 23.3. The molecule has 42 heavy (non-hydrogen) atoms. The van der Waals surface area contributed by atoms with Gasteiger partial charge in [0.15, 0.2) is 5.82 Å². The van der Waals surface area contributed by atoms with Crippen molar-refractivity contribution in [2.45, 2.75) is 58.3 Å². The predicted octanol–water partition coefficient (Wildman–Crippen LogP) is 2.72. The highest BCUT2D eigenvalue weighted by molar-refractivity contribution is 6.02. The number of nitrogens with one attached hydrogen (secondary N) is 2. The Bertz CT molecular complexity index is 1580. The van der Waals surface area contributed by atoms with Gasteiger partial charge in [0, 0.05) is 29.4 Å². The third kappa shape index (κ3) is 7.50. The number of carboxylic acid groups (broad SMARTS) is 1. The van der Waals surface area contributed by atoms with Crippen molar-refractivity contribution >= 4 is 35.3 Å². The van der Waals surface area contributed by atoms with E-state index in [1.807, 2.05) is 13.8 Å². The number of aliphatic imine (C=N–C) groups is 1. The van der Waals surface area contributed by atoms with Crippen LogP contribution in [0, 0.1) is 0 Å². The van der Waals surface area contributed by atoms with E-state index in [2.05, 4.69) is 20.6 Å². The van der Waals surface area contributed by atoms with Gasteiger partial charge in [-0.15, -0.1) is 0 Å². The fraction of sp³-hybridized carbons (Fsp3) is 0.310. The number of carboxylic acids is 1. The molecule has 0 bridgehead atoms. The quantitative estimate of drug-likeness (QED) is 0.136. The molecule has 2 aromatic carbocycles. The molecule has 0 atom stereocenters. The van der Waals surface area contributed by atoms with E-state index in [1.54, 1.807) is 24.3 Å². The second-order valence-corrected chi connectivity index (χ2v) is 10.2. The van der Waals surface area contributed by atoms with Crippen molar-refractivity contribution in [1.29, 1.82) is 0 Å². The summed E-state index contributed by atoms with van der Waals surface area (Å²) < 4.78 is 6.41. The third-order valence-electron chi connectivity index (χ3n) is 6.55. The zero-order chi connectivity index (χ0) is 30.4. The van der Waals surface area contributed by atoms with Crippen LogP contribution in [0.3, 0.4) is 0 Å². The maximum atomic E-state index is 13.3. The molecule has 13 heteroatoms. The van der Waals surface area contributed by atoms with Crippen LogP contribution in [0.4, 0.5) is 16.3 Å². The van der Waals surface area contributed by atoms with Crippen molar-refractivity contribution in [3.63, 3.8) is 0 Å².